The second-order valence-corrected chi connectivity index (χ2v) is 7.63. The number of fused-ring (bicyclic) bond motifs is 2. The Labute approximate surface area is 194 Å². The summed E-state index contributed by atoms with van der Waals surface area (Å²) >= 11 is 0. The van der Waals surface area contributed by atoms with E-state index in [1.54, 1.807) is 39.7 Å². The second kappa shape index (κ2) is 8.47. The molecule has 0 radical (unpaired) electrons. The molecule has 34 heavy (non-hydrogen) atoms. The smallest absolute Gasteiger partial charge is 0.335 e. The van der Waals surface area contributed by atoms with Crippen LogP contribution in [0.25, 0.3) is 28.0 Å². The topological polar surface area (TPSA) is 106 Å². The third-order valence-electron chi connectivity index (χ3n) is 5.67. The van der Waals surface area contributed by atoms with E-state index >= 15 is 0 Å². The first kappa shape index (κ1) is 21.4. The summed E-state index contributed by atoms with van der Waals surface area (Å²) < 4.78 is 15.8. The number of para-hydroxylation sites is 2. The summed E-state index contributed by atoms with van der Waals surface area (Å²) in [7, 11) is 3.15. The Balaban J connectivity index is 1.69. The number of methoxy groups -OCH3 is 1. The molecule has 0 bridgehead atoms. The molecule has 0 fully saturated rings. The van der Waals surface area contributed by atoms with Crippen LogP contribution in [-0.4, -0.2) is 41.7 Å². The molecule has 0 atom stereocenters. The van der Waals surface area contributed by atoms with Gasteiger partial charge in [-0.05, 0) is 42.8 Å². The lowest BCUT2D eigenvalue weighted by Crippen LogP contribution is -2.23. The molecule has 172 valence electrons. The zero-order chi connectivity index (χ0) is 23.8. The van der Waals surface area contributed by atoms with Crippen molar-refractivity contribution in [2.75, 3.05) is 7.11 Å². The van der Waals surface area contributed by atoms with E-state index < -0.39 is 5.97 Å². The zero-order valence-electron chi connectivity index (χ0n) is 18.9. The zero-order valence-corrected chi connectivity index (χ0v) is 18.9. The van der Waals surface area contributed by atoms with E-state index in [-0.39, 0.29) is 12.1 Å². The van der Waals surface area contributed by atoms with Gasteiger partial charge in [-0.1, -0.05) is 12.1 Å². The highest BCUT2D eigenvalue weighted by Gasteiger charge is 2.22. The van der Waals surface area contributed by atoms with Crippen molar-refractivity contribution in [1.29, 1.82) is 0 Å². The Morgan fingerprint density at radius 2 is 1.82 bits per heavy atom. The van der Waals surface area contributed by atoms with E-state index in [1.807, 2.05) is 38.2 Å². The number of carbonyl (C=O) groups is 1. The number of hydrogen-bond donors (Lipinski definition) is 0. The fraction of sp³-hybridized carbons (Fsp3) is 0.208. The van der Waals surface area contributed by atoms with Gasteiger partial charge in [0.1, 0.15) is 5.52 Å². The summed E-state index contributed by atoms with van der Waals surface area (Å²) in [6.45, 7) is 2.27. The number of nitrogens with zero attached hydrogens (tertiary/aromatic N) is 6. The number of ether oxygens (including phenoxy) is 2. The normalized spacial score (nSPS) is 11.3. The highest BCUT2D eigenvalue weighted by molar-refractivity contribution is 5.83. The average molecular weight is 458 g/mol. The highest BCUT2D eigenvalue weighted by atomic mass is 16.5. The number of hydrogen-bond acceptors (Lipinski definition) is 7. The molecule has 10 heteroatoms. The molecular weight excluding hydrogens is 436 g/mol. The second-order valence-electron chi connectivity index (χ2n) is 7.63. The van der Waals surface area contributed by atoms with Crippen molar-refractivity contribution >= 4 is 28.3 Å². The summed E-state index contributed by atoms with van der Waals surface area (Å²) in [5.41, 5.74) is 3.28. The molecule has 4 aromatic heterocycles. The molecule has 0 N–H and O–H groups in total. The molecule has 5 aromatic rings. The molecule has 0 aliphatic rings. The minimum atomic E-state index is -0.394. The Bertz CT molecular complexity index is 1600. The fourth-order valence-corrected chi connectivity index (χ4v) is 4.05. The van der Waals surface area contributed by atoms with Crippen LogP contribution in [-0.2, 0) is 29.5 Å². The van der Waals surface area contributed by atoms with E-state index in [1.165, 1.54) is 11.7 Å². The Morgan fingerprint density at radius 1 is 1.03 bits per heavy atom. The van der Waals surface area contributed by atoms with Crippen molar-refractivity contribution < 1.29 is 14.3 Å². The molecular formula is C24H22N6O4. The lowest BCUT2D eigenvalue weighted by Gasteiger charge is -2.11. The number of benzene rings is 1. The lowest BCUT2D eigenvalue weighted by atomic mass is 10.1. The maximum atomic E-state index is 13.5. The van der Waals surface area contributed by atoms with Gasteiger partial charge in [-0.15, -0.1) is 0 Å². The van der Waals surface area contributed by atoms with Crippen LogP contribution >= 0.6 is 0 Å². The van der Waals surface area contributed by atoms with Crippen LogP contribution in [0.15, 0.2) is 59.7 Å². The molecule has 4 heterocycles. The number of aryl methyl sites for hydroxylation is 2. The van der Waals surface area contributed by atoms with Crippen molar-refractivity contribution in [3.63, 3.8) is 0 Å². The molecule has 0 aliphatic heterocycles. The first-order chi connectivity index (χ1) is 16.5. The summed E-state index contributed by atoms with van der Waals surface area (Å²) in [5.74, 6) is 0.0351. The van der Waals surface area contributed by atoms with Crippen LogP contribution in [0.4, 0.5) is 0 Å². The Morgan fingerprint density at radius 3 is 2.59 bits per heavy atom. The lowest BCUT2D eigenvalue weighted by molar-refractivity contribution is -0.139. The van der Waals surface area contributed by atoms with Gasteiger partial charge in [-0.25, -0.2) is 19.3 Å². The molecule has 0 amide bonds. The Hall–Kier alpha value is -4.47. The van der Waals surface area contributed by atoms with E-state index in [0.717, 1.165) is 0 Å². The van der Waals surface area contributed by atoms with E-state index in [9.17, 15) is 9.59 Å². The summed E-state index contributed by atoms with van der Waals surface area (Å²) in [6, 6.07) is 12.9. The van der Waals surface area contributed by atoms with Crippen LogP contribution < -0.4 is 10.4 Å². The average Bonchev–Trinajstić information content (AvgIpc) is 3.33. The van der Waals surface area contributed by atoms with Gasteiger partial charge < -0.3 is 9.47 Å². The molecule has 0 saturated heterocycles. The molecule has 0 aliphatic carbocycles. The van der Waals surface area contributed by atoms with Crippen molar-refractivity contribution in [2.45, 2.75) is 19.9 Å². The van der Waals surface area contributed by atoms with Crippen molar-refractivity contribution in [2.24, 2.45) is 7.05 Å². The predicted octanol–water partition coefficient (Wildman–Crippen LogP) is 3.00. The van der Waals surface area contributed by atoms with Crippen LogP contribution in [0.2, 0.25) is 0 Å². The number of pyridine rings is 2. The van der Waals surface area contributed by atoms with Crippen LogP contribution in [0.1, 0.15) is 12.5 Å². The summed E-state index contributed by atoms with van der Waals surface area (Å²) in [5, 5.41) is 0. The first-order valence-electron chi connectivity index (χ1n) is 10.7. The summed E-state index contributed by atoms with van der Waals surface area (Å²) in [4.78, 5) is 38.9. The van der Waals surface area contributed by atoms with Crippen molar-refractivity contribution in [3.8, 4) is 17.4 Å². The van der Waals surface area contributed by atoms with Gasteiger partial charge in [0, 0.05) is 26.0 Å². The number of rotatable bonds is 6. The largest absolute Gasteiger partial charge is 0.469 e. The van der Waals surface area contributed by atoms with Crippen molar-refractivity contribution in [1.82, 2.24) is 28.7 Å². The summed E-state index contributed by atoms with van der Waals surface area (Å²) in [6.07, 6.45) is 3.31. The maximum Gasteiger partial charge on any atom is 0.335 e. The van der Waals surface area contributed by atoms with Gasteiger partial charge in [0.15, 0.2) is 17.0 Å². The minimum Gasteiger partial charge on any atom is -0.469 e. The molecule has 10 nitrogen and oxygen atoms in total. The van der Waals surface area contributed by atoms with E-state index in [4.69, 9.17) is 9.47 Å². The van der Waals surface area contributed by atoms with Crippen LogP contribution in [0.3, 0.4) is 0 Å². The minimum absolute atomic E-state index is 0.0317. The Kier molecular flexibility index (Phi) is 5.33. The molecule has 0 spiro atoms. The van der Waals surface area contributed by atoms with Gasteiger partial charge in [-0.3, -0.25) is 13.9 Å². The quantitative estimate of drug-likeness (QED) is 0.360. The standard InChI is InChI=1S/C24H22N6O4/c1-4-29-20-15(14-19(31)33-3)11-13-26-22(20)30(24(29)32)17-9-5-6-10-18(17)34-23-27-16-8-7-12-25-21(16)28(23)2/h5-13H,4,14H2,1-3H3. The van der Waals surface area contributed by atoms with Gasteiger partial charge in [0.05, 0.1) is 24.7 Å². The van der Waals surface area contributed by atoms with Gasteiger partial charge in [0.2, 0.25) is 0 Å². The molecule has 0 saturated carbocycles. The first-order valence-corrected chi connectivity index (χ1v) is 10.7. The van der Waals surface area contributed by atoms with Gasteiger partial charge in [0.25, 0.3) is 0 Å². The third-order valence-corrected chi connectivity index (χ3v) is 5.67. The highest BCUT2D eigenvalue weighted by Crippen LogP contribution is 2.30. The predicted molar refractivity (Wildman–Crippen MR) is 125 cm³/mol. The number of esters is 1. The van der Waals surface area contributed by atoms with Gasteiger partial charge in [-0.2, -0.15) is 4.98 Å². The third kappa shape index (κ3) is 3.40. The molecule has 0 unspecified atom stereocenters. The van der Waals surface area contributed by atoms with Crippen LogP contribution in [0.5, 0.6) is 11.8 Å². The monoisotopic (exact) mass is 458 g/mol. The van der Waals surface area contributed by atoms with Crippen molar-refractivity contribution in [3.05, 3.63) is 70.9 Å². The van der Waals surface area contributed by atoms with Crippen LogP contribution in [0, 0.1) is 0 Å². The number of imidazole rings is 2. The van der Waals surface area contributed by atoms with Gasteiger partial charge >= 0.3 is 17.7 Å². The molecule has 1 aromatic carbocycles. The SMILES string of the molecule is CCn1c(=O)n(-c2ccccc2Oc2nc3cccnc3n2C)c2nccc(CC(=O)OC)c21. The fourth-order valence-electron chi connectivity index (χ4n) is 4.05. The van der Waals surface area contributed by atoms with E-state index in [0.29, 0.717) is 51.9 Å². The number of aromatic nitrogens is 6. The van der Waals surface area contributed by atoms with E-state index in [2.05, 4.69) is 15.0 Å². The number of carbonyl (C=O) groups excluding carboxylic acids is 1. The maximum absolute atomic E-state index is 13.5. The molecule has 5 rings (SSSR count).